The Hall–Kier alpha value is -3.27. The molecule has 3 N–H and O–H groups in total. The highest BCUT2D eigenvalue weighted by Crippen LogP contribution is 2.38. The first-order valence-corrected chi connectivity index (χ1v) is 9.08. The van der Waals surface area contributed by atoms with Crippen molar-refractivity contribution in [2.75, 3.05) is 24.6 Å². The Kier molecular flexibility index (Phi) is 6.16. The molecule has 3 rings (SSSR count). The Morgan fingerprint density at radius 2 is 2.17 bits per heavy atom. The molecule has 0 radical (unpaired) electrons. The van der Waals surface area contributed by atoms with E-state index in [1.807, 2.05) is 0 Å². The summed E-state index contributed by atoms with van der Waals surface area (Å²) in [4.78, 5) is 24.6. The van der Waals surface area contributed by atoms with Gasteiger partial charge < -0.3 is 20.5 Å². The summed E-state index contributed by atoms with van der Waals surface area (Å²) in [5.74, 6) is -0.598. The van der Waals surface area contributed by atoms with Gasteiger partial charge in [0.2, 0.25) is 12.7 Å². The number of hydrogen-bond acceptors (Lipinski definition) is 7. The minimum atomic E-state index is -1.10. The van der Waals surface area contributed by atoms with E-state index >= 15 is 0 Å². The summed E-state index contributed by atoms with van der Waals surface area (Å²) in [5, 5.41) is 3.01. The number of nitrogens with zero attached hydrogens (tertiary/aromatic N) is 3. The number of nitrogens with one attached hydrogen (secondary N) is 1. The van der Waals surface area contributed by atoms with Crippen LogP contribution < -0.4 is 15.8 Å². The Bertz CT molecular complexity index is 1050. The molecule has 0 spiro atoms. The van der Waals surface area contributed by atoms with Crippen molar-refractivity contribution >= 4 is 34.9 Å². The van der Waals surface area contributed by atoms with Gasteiger partial charge in [0, 0.05) is 23.2 Å². The van der Waals surface area contributed by atoms with E-state index in [0.717, 1.165) is 6.20 Å². The van der Waals surface area contributed by atoms with E-state index in [4.69, 9.17) is 22.1 Å². The third kappa shape index (κ3) is 4.48. The van der Waals surface area contributed by atoms with Crippen molar-refractivity contribution in [3.63, 3.8) is 0 Å². The zero-order valence-electron chi connectivity index (χ0n) is 16.1. The van der Waals surface area contributed by atoms with Crippen LogP contribution in [-0.4, -0.2) is 35.3 Å². The smallest absolute Gasteiger partial charge is 0.278 e. The maximum absolute atomic E-state index is 13.2. The van der Waals surface area contributed by atoms with E-state index in [2.05, 4.69) is 25.0 Å². The zero-order chi connectivity index (χ0) is 21.9. The summed E-state index contributed by atoms with van der Waals surface area (Å²) in [6.45, 7) is 1.46. The van der Waals surface area contributed by atoms with Crippen molar-refractivity contribution in [2.24, 2.45) is 4.99 Å². The molecular weight excluding hydrogens is 420 g/mol. The third-order valence-electron chi connectivity index (χ3n) is 4.21. The van der Waals surface area contributed by atoms with E-state index in [1.165, 1.54) is 6.08 Å². The molecule has 0 saturated carbocycles. The highest BCUT2D eigenvalue weighted by Gasteiger charge is 2.31. The van der Waals surface area contributed by atoms with Gasteiger partial charge in [-0.15, -0.1) is 0 Å². The fraction of sp³-hybridized carbons (Fsp3) is 0.263. The van der Waals surface area contributed by atoms with Gasteiger partial charge in [-0.3, -0.25) is 4.79 Å². The molecular formula is C19H18ClF2N5O3. The second-order valence-electron chi connectivity index (χ2n) is 6.47. The maximum Gasteiger partial charge on any atom is 0.278 e. The second-order valence-corrected chi connectivity index (χ2v) is 6.88. The molecule has 1 aliphatic rings. The number of nitrogens with two attached hydrogens (primary N) is 1. The number of alkyl halides is 2. The molecule has 2 heterocycles. The fourth-order valence-electron chi connectivity index (χ4n) is 2.99. The van der Waals surface area contributed by atoms with E-state index < -0.39 is 25.0 Å². The number of anilines is 2. The van der Waals surface area contributed by atoms with Gasteiger partial charge in [0.25, 0.3) is 5.91 Å². The lowest BCUT2D eigenvalue weighted by Crippen LogP contribution is -2.25. The van der Waals surface area contributed by atoms with Crippen LogP contribution in [0.15, 0.2) is 41.2 Å². The molecule has 30 heavy (non-hydrogen) atoms. The number of aliphatic imine (C=N–C) groups is 1. The van der Waals surface area contributed by atoms with Crippen LogP contribution >= 0.6 is 11.6 Å². The van der Waals surface area contributed by atoms with Crippen LogP contribution in [0.1, 0.15) is 29.9 Å². The predicted molar refractivity (Wildman–Crippen MR) is 108 cm³/mol. The summed E-state index contributed by atoms with van der Waals surface area (Å²) in [6.07, 6.45) is 2.61. The van der Waals surface area contributed by atoms with E-state index in [-0.39, 0.29) is 29.0 Å². The molecule has 11 heteroatoms. The Morgan fingerprint density at radius 1 is 1.40 bits per heavy atom. The number of carbonyl (C=O) groups is 1. The van der Waals surface area contributed by atoms with Crippen LogP contribution in [0, 0.1) is 0 Å². The number of halogens is 3. The minimum Gasteiger partial charge on any atom is -0.445 e. The summed E-state index contributed by atoms with van der Waals surface area (Å²) >= 11 is 6.35. The van der Waals surface area contributed by atoms with E-state index in [9.17, 15) is 13.6 Å². The van der Waals surface area contributed by atoms with Crippen LogP contribution in [-0.2, 0) is 10.3 Å². The number of benzene rings is 1. The molecule has 1 aliphatic heterocycles. The number of amides is 1. The summed E-state index contributed by atoms with van der Waals surface area (Å²) in [7, 11) is 0. The number of allylic oxidation sites excluding steroid dienone is 1. The van der Waals surface area contributed by atoms with Crippen molar-refractivity contribution < 1.29 is 23.0 Å². The molecule has 1 atom stereocenters. The van der Waals surface area contributed by atoms with Gasteiger partial charge in [-0.05, 0) is 31.2 Å². The van der Waals surface area contributed by atoms with Crippen molar-refractivity contribution in [1.82, 2.24) is 9.97 Å². The number of nitrogen functional groups attached to an aromatic ring is 1. The van der Waals surface area contributed by atoms with Crippen LogP contribution in [0.3, 0.4) is 0 Å². The summed E-state index contributed by atoms with van der Waals surface area (Å²) in [5.41, 5.74) is 5.46. The lowest BCUT2D eigenvalue weighted by atomic mass is 9.90. The molecule has 1 amide bonds. The lowest BCUT2D eigenvalue weighted by Gasteiger charge is -2.29. The highest BCUT2D eigenvalue weighted by atomic mass is 35.5. The molecule has 8 nitrogen and oxygen atoms in total. The molecule has 2 aromatic rings. The molecule has 1 aromatic heterocycles. The highest BCUT2D eigenvalue weighted by molar-refractivity contribution is 6.31. The van der Waals surface area contributed by atoms with Crippen molar-refractivity contribution in [1.29, 1.82) is 0 Å². The molecule has 0 fully saturated rings. The Morgan fingerprint density at radius 3 is 2.83 bits per heavy atom. The van der Waals surface area contributed by atoms with Crippen LogP contribution in [0.25, 0.3) is 0 Å². The van der Waals surface area contributed by atoms with Crippen LogP contribution in [0.4, 0.5) is 20.3 Å². The molecule has 0 bridgehead atoms. The van der Waals surface area contributed by atoms with Gasteiger partial charge in [-0.2, -0.15) is 4.98 Å². The normalized spacial score (nSPS) is 18.2. The van der Waals surface area contributed by atoms with E-state index in [0.29, 0.717) is 16.3 Å². The van der Waals surface area contributed by atoms with Crippen molar-refractivity contribution in [3.05, 3.63) is 52.5 Å². The average Bonchev–Trinajstić information content (AvgIpc) is 2.69. The maximum atomic E-state index is 13.2. The number of carbonyl (C=O) groups excluding carboxylic acids is 1. The zero-order valence-corrected chi connectivity index (χ0v) is 16.8. The second kappa shape index (κ2) is 8.62. The van der Waals surface area contributed by atoms with E-state index in [1.54, 1.807) is 32.0 Å². The largest absolute Gasteiger partial charge is 0.445 e. The summed E-state index contributed by atoms with van der Waals surface area (Å²) in [6, 6.07) is 4.76. The topological polar surface area (TPSA) is 112 Å². The van der Waals surface area contributed by atoms with Gasteiger partial charge in [-0.25, -0.2) is 18.8 Å². The van der Waals surface area contributed by atoms with Gasteiger partial charge in [0.05, 0.1) is 6.20 Å². The summed E-state index contributed by atoms with van der Waals surface area (Å²) < 4.78 is 35.2. The molecule has 0 unspecified atom stereocenters. The number of rotatable bonds is 6. The first-order chi connectivity index (χ1) is 14.3. The average molecular weight is 438 g/mol. The number of hydrogen-bond donors (Lipinski definition) is 2. The lowest BCUT2D eigenvalue weighted by molar-refractivity contribution is 0.102. The number of aromatic nitrogens is 2. The van der Waals surface area contributed by atoms with Gasteiger partial charge >= 0.3 is 0 Å². The number of ether oxygens (including phenoxy) is 2. The van der Waals surface area contributed by atoms with Gasteiger partial charge in [0.15, 0.2) is 17.4 Å². The molecule has 1 aromatic carbocycles. The molecule has 0 aliphatic carbocycles. The third-order valence-corrected chi connectivity index (χ3v) is 4.54. The van der Waals surface area contributed by atoms with Crippen molar-refractivity contribution in [3.8, 4) is 5.88 Å². The Balaban J connectivity index is 1.90. The van der Waals surface area contributed by atoms with Gasteiger partial charge in [0.1, 0.15) is 18.0 Å². The quantitative estimate of drug-likeness (QED) is 0.711. The Labute approximate surface area is 175 Å². The minimum absolute atomic E-state index is 0.120. The SMILES string of the molecule is CC1=N[C@](C)(c2cc(NC(=O)c3ncc(OCF)nc3N)ccc2Cl)C=C(CF)O1. The van der Waals surface area contributed by atoms with Crippen molar-refractivity contribution in [2.45, 2.75) is 19.4 Å². The molecule has 0 saturated heterocycles. The first-order valence-electron chi connectivity index (χ1n) is 8.70. The van der Waals surface area contributed by atoms with Crippen LogP contribution in [0.5, 0.6) is 5.88 Å². The predicted octanol–water partition coefficient (Wildman–Crippen LogP) is 3.79. The first kappa shape index (κ1) is 21.4. The molecule has 158 valence electrons. The van der Waals surface area contributed by atoms with Gasteiger partial charge in [-0.1, -0.05) is 11.6 Å². The fourth-order valence-corrected chi connectivity index (χ4v) is 3.30. The monoisotopic (exact) mass is 437 g/mol. The standard InChI is InChI=1S/C19H18ClF2N5O3/c1-10-27-19(2,6-12(7-21)30-10)13-5-11(3-4-14(13)20)25-18(28)16-17(23)26-15(8-24-16)29-9-22/h3-6,8H,7,9H2,1-2H3,(H2,23,26)(H,25,28)/t19-/m0/s1. The van der Waals surface area contributed by atoms with Crippen LogP contribution in [0.2, 0.25) is 5.02 Å².